The number of likely N-dealkylation sites (tertiary alicyclic amines) is 1. The van der Waals surface area contributed by atoms with E-state index in [-0.39, 0.29) is 41.4 Å². The maximum Gasteiger partial charge on any atom is 0.264 e. The summed E-state index contributed by atoms with van der Waals surface area (Å²) in [5.74, 6) is 0.295. The Balaban J connectivity index is 1.26. The highest BCUT2D eigenvalue weighted by atomic mass is 19.1. The summed E-state index contributed by atoms with van der Waals surface area (Å²) in [5, 5.41) is 15.5. The molecule has 48 heavy (non-hydrogen) atoms. The van der Waals surface area contributed by atoms with E-state index in [1.54, 1.807) is 57.1 Å². The first-order valence-corrected chi connectivity index (χ1v) is 16.2. The zero-order valence-corrected chi connectivity index (χ0v) is 27.4. The molecule has 0 spiro atoms. The first kappa shape index (κ1) is 32.7. The van der Waals surface area contributed by atoms with E-state index >= 15 is 4.39 Å². The highest BCUT2D eigenvalue weighted by Crippen LogP contribution is 2.37. The lowest BCUT2D eigenvalue weighted by Crippen LogP contribution is -2.56. The number of para-hydroxylation sites is 1. The van der Waals surface area contributed by atoms with Crippen molar-refractivity contribution < 1.29 is 18.7 Å². The highest BCUT2D eigenvalue weighted by molar-refractivity contribution is 6.00. The maximum absolute atomic E-state index is 15.7. The van der Waals surface area contributed by atoms with Crippen LogP contribution in [0, 0.1) is 17.1 Å². The van der Waals surface area contributed by atoms with Crippen molar-refractivity contribution in [3.05, 3.63) is 78.3 Å². The van der Waals surface area contributed by atoms with E-state index in [4.69, 9.17) is 15.6 Å². The number of likely N-dealkylation sites (N-methyl/N-ethyl adjacent to an activating group) is 1. The van der Waals surface area contributed by atoms with Crippen molar-refractivity contribution in [1.82, 2.24) is 29.5 Å². The number of nitriles is 1. The second-order valence-electron chi connectivity index (χ2n) is 12.7. The van der Waals surface area contributed by atoms with Crippen LogP contribution in [-0.4, -0.2) is 86.1 Å². The van der Waals surface area contributed by atoms with Gasteiger partial charge in [-0.25, -0.2) is 9.37 Å². The van der Waals surface area contributed by atoms with Crippen molar-refractivity contribution >= 4 is 28.5 Å². The number of hydrogen-bond donors (Lipinski definition) is 1. The summed E-state index contributed by atoms with van der Waals surface area (Å²) in [6.07, 6.45) is 4.66. The van der Waals surface area contributed by atoms with Crippen LogP contribution < -0.4 is 10.5 Å². The number of pyridine rings is 1. The molecule has 12 heteroatoms. The third kappa shape index (κ3) is 6.46. The van der Waals surface area contributed by atoms with Crippen LogP contribution in [0.25, 0.3) is 22.2 Å². The summed E-state index contributed by atoms with van der Waals surface area (Å²) in [7, 11) is 0. The number of piperazine rings is 1. The number of hydrogen-bond acceptors (Lipinski definition) is 8. The molecular weight excluding hydrogens is 611 g/mol. The van der Waals surface area contributed by atoms with Gasteiger partial charge in [-0.2, -0.15) is 10.4 Å². The number of aromatic nitrogens is 3. The molecule has 2 amide bonds. The Morgan fingerprint density at radius 2 is 1.94 bits per heavy atom. The van der Waals surface area contributed by atoms with Gasteiger partial charge in [0.2, 0.25) is 5.91 Å². The number of piperidine rings is 1. The average molecular weight is 651 g/mol. The third-order valence-electron chi connectivity index (χ3n) is 9.22. The number of carbonyl (C=O) groups excluding carboxylic acids is 2. The Kier molecular flexibility index (Phi) is 9.15. The van der Waals surface area contributed by atoms with Gasteiger partial charge in [-0.15, -0.1) is 0 Å². The van der Waals surface area contributed by atoms with Crippen molar-refractivity contribution in [2.24, 2.45) is 0 Å². The topological polar surface area (TPSA) is 134 Å². The number of ether oxygens (including phenoxy) is 1. The summed E-state index contributed by atoms with van der Waals surface area (Å²) in [6.45, 7) is 8.71. The number of amides is 2. The molecule has 2 aliphatic heterocycles. The molecule has 0 bridgehead atoms. The number of nitrogens with two attached hydrogens (primary N) is 1. The molecule has 6 rings (SSSR count). The number of benzene rings is 2. The quantitative estimate of drug-likeness (QED) is 0.204. The number of nitrogens with zero attached hydrogens (tertiary/aromatic N) is 7. The second kappa shape index (κ2) is 13.4. The lowest BCUT2D eigenvalue weighted by Gasteiger charge is -2.42. The van der Waals surface area contributed by atoms with Gasteiger partial charge in [-0.05, 0) is 70.0 Å². The van der Waals surface area contributed by atoms with Gasteiger partial charge < -0.3 is 20.3 Å². The molecule has 0 unspecified atom stereocenters. The predicted octanol–water partition coefficient (Wildman–Crippen LogP) is 5.17. The molecule has 0 aliphatic carbocycles. The molecule has 2 aromatic carbocycles. The lowest BCUT2D eigenvalue weighted by atomic mass is 9.96. The molecule has 2 N–H and O–H groups in total. The molecule has 1 atom stereocenters. The molecule has 248 valence electrons. The third-order valence-corrected chi connectivity index (χ3v) is 9.22. The van der Waals surface area contributed by atoms with E-state index in [0.717, 1.165) is 6.42 Å². The minimum Gasteiger partial charge on any atom is -0.457 e. The smallest absolute Gasteiger partial charge is 0.264 e. The van der Waals surface area contributed by atoms with Crippen LogP contribution in [0.15, 0.2) is 72.4 Å². The molecule has 2 fully saturated rings. The van der Waals surface area contributed by atoms with Gasteiger partial charge in [0.05, 0.1) is 23.5 Å². The zero-order valence-electron chi connectivity index (χ0n) is 27.4. The largest absolute Gasteiger partial charge is 0.457 e. The Morgan fingerprint density at radius 3 is 2.65 bits per heavy atom. The van der Waals surface area contributed by atoms with E-state index in [2.05, 4.69) is 11.1 Å². The molecule has 2 aliphatic rings. The van der Waals surface area contributed by atoms with Gasteiger partial charge in [0.25, 0.3) is 5.91 Å². The zero-order chi connectivity index (χ0) is 34.0. The van der Waals surface area contributed by atoms with Crippen molar-refractivity contribution in [1.29, 1.82) is 5.26 Å². The van der Waals surface area contributed by atoms with Crippen molar-refractivity contribution in [2.75, 3.05) is 45.0 Å². The number of halogens is 1. The van der Waals surface area contributed by atoms with E-state index in [1.165, 1.54) is 6.07 Å². The van der Waals surface area contributed by atoms with Crippen LogP contribution >= 0.6 is 0 Å². The maximum atomic E-state index is 15.7. The first-order valence-electron chi connectivity index (χ1n) is 16.2. The van der Waals surface area contributed by atoms with Gasteiger partial charge >= 0.3 is 0 Å². The Labute approximate surface area is 279 Å². The van der Waals surface area contributed by atoms with Gasteiger partial charge in [0.1, 0.15) is 40.5 Å². The highest BCUT2D eigenvalue weighted by Gasteiger charge is 2.35. The van der Waals surface area contributed by atoms with E-state index in [0.29, 0.717) is 67.2 Å². The number of anilines is 1. The predicted molar refractivity (Wildman–Crippen MR) is 180 cm³/mol. The van der Waals surface area contributed by atoms with Crippen molar-refractivity contribution in [3.63, 3.8) is 0 Å². The molecule has 0 saturated carbocycles. The minimum absolute atomic E-state index is 0.0327. The van der Waals surface area contributed by atoms with E-state index in [1.807, 2.05) is 43.9 Å². The summed E-state index contributed by atoms with van der Waals surface area (Å²) in [5.41, 5.74) is 6.97. The fraction of sp³-hybridized carbons (Fsp3) is 0.361. The average Bonchev–Trinajstić information content (AvgIpc) is 3.48. The molecular formula is C36H39FN8O3. The summed E-state index contributed by atoms with van der Waals surface area (Å²) < 4.78 is 23.3. The monoisotopic (exact) mass is 650 g/mol. The molecule has 2 saturated heterocycles. The molecule has 11 nitrogen and oxygen atoms in total. The van der Waals surface area contributed by atoms with Crippen LogP contribution in [0.2, 0.25) is 0 Å². The number of rotatable bonds is 8. The van der Waals surface area contributed by atoms with Crippen molar-refractivity contribution in [2.45, 2.75) is 45.2 Å². The summed E-state index contributed by atoms with van der Waals surface area (Å²) >= 11 is 0. The SMILES string of the molecule is CCN1CCN(C(C)(C)C=C(C#N)C(=O)N2CCC[C@@H](n3nc(-c4ccc(Oc5ccccc5)cc4F)c4c(N)nccc43)C2)CC1=O. The second-order valence-corrected chi connectivity index (χ2v) is 12.7. The van der Waals surface area contributed by atoms with Crippen LogP contribution in [0.5, 0.6) is 11.5 Å². The fourth-order valence-corrected chi connectivity index (χ4v) is 6.59. The Hall–Kier alpha value is -5.28. The van der Waals surface area contributed by atoms with Crippen molar-refractivity contribution in [3.8, 4) is 28.8 Å². The van der Waals surface area contributed by atoms with Crippen LogP contribution in [-0.2, 0) is 9.59 Å². The molecule has 4 heterocycles. The molecule has 4 aromatic rings. The van der Waals surface area contributed by atoms with Crippen LogP contribution in [0.3, 0.4) is 0 Å². The van der Waals surface area contributed by atoms with E-state index < -0.39 is 11.4 Å². The normalized spacial score (nSPS) is 17.9. The molecule has 0 radical (unpaired) electrons. The Morgan fingerprint density at radius 1 is 1.15 bits per heavy atom. The van der Waals surface area contributed by atoms with Gasteiger partial charge in [-0.3, -0.25) is 19.2 Å². The van der Waals surface area contributed by atoms with Gasteiger partial charge in [0, 0.05) is 56.1 Å². The number of carbonyl (C=O) groups is 2. The number of nitrogen functional groups attached to an aromatic ring is 1. The van der Waals surface area contributed by atoms with Crippen LogP contribution in [0.1, 0.15) is 39.7 Å². The standard InChI is InChI=1S/C36H39FN8O3/c1-4-42-17-18-44(23-31(42)46)36(2,3)20-24(21-38)35(47)43-16-8-9-25(22-43)45-30-14-15-40-34(39)32(30)33(41-45)28-13-12-27(19-29(28)37)48-26-10-6-5-7-11-26/h5-7,10-15,19-20,25H,4,8-9,16-18,22-23H2,1-3H3,(H2,39,40)/t25-/m1/s1. The van der Waals surface area contributed by atoms with Gasteiger partial charge in [0.15, 0.2) is 0 Å². The number of fused-ring (bicyclic) bond motifs is 1. The summed E-state index contributed by atoms with van der Waals surface area (Å²) in [6, 6.07) is 17.4. The first-order chi connectivity index (χ1) is 23.1. The summed E-state index contributed by atoms with van der Waals surface area (Å²) in [4.78, 5) is 36.1. The van der Waals surface area contributed by atoms with Crippen LogP contribution in [0.4, 0.5) is 10.2 Å². The minimum atomic E-state index is -0.686. The Bertz CT molecular complexity index is 1920. The lowest BCUT2D eigenvalue weighted by molar-refractivity contribution is -0.137. The molecule has 2 aromatic heterocycles. The van der Waals surface area contributed by atoms with E-state index in [9.17, 15) is 14.9 Å². The fourth-order valence-electron chi connectivity index (χ4n) is 6.59. The van der Waals surface area contributed by atoms with Gasteiger partial charge in [-0.1, -0.05) is 18.2 Å².